The van der Waals surface area contributed by atoms with E-state index in [0.717, 1.165) is 29.1 Å². The topological polar surface area (TPSA) is 83.7 Å². The molecular weight excluding hydrogens is 430 g/mol. The summed E-state index contributed by atoms with van der Waals surface area (Å²) in [5.41, 5.74) is 3.92. The van der Waals surface area contributed by atoms with Gasteiger partial charge in [-0.3, -0.25) is 10.1 Å². The molecule has 34 heavy (non-hydrogen) atoms. The van der Waals surface area contributed by atoms with Crippen LogP contribution >= 0.6 is 0 Å². The van der Waals surface area contributed by atoms with Gasteiger partial charge in [0.05, 0.1) is 6.54 Å². The predicted octanol–water partition coefficient (Wildman–Crippen LogP) is 4.62. The molecule has 7 nitrogen and oxygen atoms in total. The summed E-state index contributed by atoms with van der Waals surface area (Å²) in [4.78, 5) is 29.8. The minimum absolute atomic E-state index is 0.346. The number of aromatic amines is 1. The van der Waals surface area contributed by atoms with Gasteiger partial charge in [0, 0.05) is 28.7 Å². The molecule has 0 bridgehead atoms. The van der Waals surface area contributed by atoms with E-state index >= 15 is 0 Å². The number of rotatable bonds is 1. The smallest absolute Gasteiger partial charge is 0.324 e. The van der Waals surface area contributed by atoms with Crippen molar-refractivity contribution in [3.8, 4) is 11.5 Å². The van der Waals surface area contributed by atoms with E-state index in [1.54, 1.807) is 17.1 Å². The molecular formula is C27H25N3O4. The van der Waals surface area contributed by atoms with E-state index in [9.17, 15) is 9.59 Å². The van der Waals surface area contributed by atoms with Crippen LogP contribution in [0.4, 0.5) is 4.79 Å². The standard InChI is InChI=1S/C20H19N3O2.C7H6O2/c24-19(14-7-3-1-2-4-8-14)22-20(25)23-12-11-16-15-9-5-6-10-17(15)21-18(16)13-23;1-2-4-7-6(3-1)8-5-9-7/h1-3,5-10,21H,4,11-13H2,(H,22,24,25);1-4H,5H2. The monoisotopic (exact) mass is 455 g/mol. The first-order chi connectivity index (χ1) is 16.7. The van der Waals surface area contributed by atoms with Crippen LogP contribution in [0.15, 0.2) is 84.5 Å². The van der Waals surface area contributed by atoms with E-state index in [1.165, 1.54) is 10.9 Å². The quantitative estimate of drug-likeness (QED) is 0.561. The van der Waals surface area contributed by atoms with Gasteiger partial charge in [-0.15, -0.1) is 0 Å². The Bertz CT molecular complexity index is 1300. The molecule has 3 aromatic rings. The van der Waals surface area contributed by atoms with Gasteiger partial charge < -0.3 is 19.4 Å². The number of nitrogens with one attached hydrogen (secondary N) is 2. The minimum Gasteiger partial charge on any atom is -0.454 e. The first kappa shape index (κ1) is 21.6. The Morgan fingerprint density at radius 1 is 0.971 bits per heavy atom. The van der Waals surface area contributed by atoms with Gasteiger partial charge in [0.25, 0.3) is 5.91 Å². The lowest BCUT2D eigenvalue weighted by Gasteiger charge is -2.27. The number of ether oxygens (including phenoxy) is 2. The van der Waals surface area contributed by atoms with Crippen molar-refractivity contribution in [1.82, 2.24) is 15.2 Å². The number of imide groups is 1. The van der Waals surface area contributed by atoms with Crippen molar-refractivity contribution in [3.63, 3.8) is 0 Å². The van der Waals surface area contributed by atoms with E-state index in [0.29, 0.717) is 31.9 Å². The van der Waals surface area contributed by atoms with Crippen molar-refractivity contribution in [2.75, 3.05) is 13.3 Å². The van der Waals surface area contributed by atoms with E-state index in [2.05, 4.69) is 16.4 Å². The Morgan fingerprint density at radius 2 is 1.74 bits per heavy atom. The molecule has 1 aromatic heterocycles. The molecule has 0 saturated heterocycles. The first-order valence-electron chi connectivity index (χ1n) is 11.3. The third-order valence-electron chi connectivity index (χ3n) is 5.93. The van der Waals surface area contributed by atoms with Crippen LogP contribution in [0.5, 0.6) is 11.5 Å². The summed E-state index contributed by atoms with van der Waals surface area (Å²) >= 11 is 0. The van der Waals surface area contributed by atoms with Gasteiger partial charge in [-0.2, -0.15) is 0 Å². The lowest BCUT2D eigenvalue weighted by atomic mass is 10.0. The van der Waals surface area contributed by atoms with Gasteiger partial charge >= 0.3 is 6.03 Å². The maximum Gasteiger partial charge on any atom is 0.324 e. The summed E-state index contributed by atoms with van der Waals surface area (Å²) in [5.74, 6) is 1.34. The average Bonchev–Trinajstić information content (AvgIpc) is 3.39. The van der Waals surface area contributed by atoms with E-state index < -0.39 is 0 Å². The van der Waals surface area contributed by atoms with Crippen molar-refractivity contribution < 1.29 is 19.1 Å². The third-order valence-corrected chi connectivity index (χ3v) is 5.93. The molecule has 0 saturated carbocycles. The number of aromatic nitrogens is 1. The zero-order valence-corrected chi connectivity index (χ0v) is 18.6. The van der Waals surface area contributed by atoms with Crippen LogP contribution in [0.3, 0.4) is 0 Å². The normalized spacial score (nSPS) is 15.6. The Kier molecular flexibility index (Phi) is 6.16. The molecule has 3 heterocycles. The molecule has 0 unspecified atom stereocenters. The number of benzene rings is 2. The van der Waals surface area contributed by atoms with E-state index in [1.807, 2.05) is 60.7 Å². The number of amides is 3. The number of carbonyl (C=O) groups is 2. The number of para-hydroxylation sites is 3. The molecule has 3 aliphatic rings. The van der Waals surface area contributed by atoms with E-state index in [4.69, 9.17) is 9.47 Å². The summed E-state index contributed by atoms with van der Waals surface area (Å²) < 4.78 is 10.2. The van der Waals surface area contributed by atoms with Crippen molar-refractivity contribution in [2.45, 2.75) is 19.4 Å². The van der Waals surface area contributed by atoms with Crippen LogP contribution in [0.25, 0.3) is 10.9 Å². The van der Waals surface area contributed by atoms with Crippen LogP contribution in [-0.2, 0) is 17.8 Å². The van der Waals surface area contributed by atoms with Crippen LogP contribution in [0.1, 0.15) is 17.7 Å². The summed E-state index contributed by atoms with van der Waals surface area (Å²) in [7, 11) is 0. The number of hydrogen-bond acceptors (Lipinski definition) is 4. The molecule has 0 spiro atoms. The highest BCUT2D eigenvalue weighted by molar-refractivity contribution is 6.05. The number of urea groups is 1. The zero-order chi connectivity index (χ0) is 23.3. The molecule has 2 aromatic carbocycles. The van der Waals surface area contributed by atoms with Crippen molar-refractivity contribution in [1.29, 1.82) is 0 Å². The first-order valence-corrected chi connectivity index (χ1v) is 11.3. The molecule has 2 N–H and O–H groups in total. The van der Waals surface area contributed by atoms with Crippen molar-refractivity contribution >= 4 is 22.8 Å². The molecule has 0 radical (unpaired) electrons. The number of allylic oxidation sites excluding steroid dienone is 4. The summed E-state index contributed by atoms with van der Waals surface area (Å²) in [5, 5.41) is 3.72. The molecule has 7 heteroatoms. The van der Waals surface area contributed by atoms with Gasteiger partial charge in [-0.1, -0.05) is 54.6 Å². The summed E-state index contributed by atoms with van der Waals surface area (Å²) in [6, 6.07) is 15.4. The lowest BCUT2D eigenvalue weighted by Crippen LogP contribution is -2.45. The van der Waals surface area contributed by atoms with Crippen molar-refractivity contribution in [2.24, 2.45) is 0 Å². The summed E-state index contributed by atoms with van der Waals surface area (Å²) in [6.45, 7) is 1.45. The molecule has 0 atom stereocenters. The molecule has 6 rings (SSSR count). The van der Waals surface area contributed by atoms with Crippen LogP contribution in [-0.4, -0.2) is 35.2 Å². The fraction of sp³-hybridized carbons (Fsp3) is 0.185. The lowest BCUT2D eigenvalue weighted by molar-refractivity contribution is -0.116. The average molecular weight is 456 g/mol. The van der Waals surface area contributed by atoms with Gasteiger partial charge in [-0.25, -0.2) is 4.79 Å². The van der Waals surface area contributed by atoms with E-state index in [-0.39, 0.29) is 11.9 Å². The molecule has 172 valence electrons. The Labute approximate surface area is 197 Å². The second-order valence-corrected chi connectivity index (χ2v) is 8.09. The van der Waals surface area contributed by atoms with Gasteiger partial charge in [0.15, 0.2) is 11.5 Å². The molecule has 0 fully saturated rings. The largest absolute Gasteiger partial charge is 0.454 e. The highest BCUT2D eigenvalue weighted by Gasteiger charge is 2.25. The molecule has 3 amide bonds. The number of hydrogen-bond donors (Lipinski definition) is 2. The maximum atomic E-state index is 12.5. The summed E-state index contributed by atoms with van der Waals surface area (Å²) in [6.07, 6.45) is 10.7. The van der Waals surface area contributed by atoms with Crippen LogP contribution in [0.2, 0.25) is 0 Å². The van der Waals surface area contributed by atoms with Crippen LogP contribution < -0.4 is 14.8 Å². The maximum absolute atomic E-state index is 12.5. The fourth-order valence-electron chi connectivity index (χ4n) is 4.21. The number of carbonyl (C=O) groups excluding carboxylic acids is 2. The minimum atomic E-state index is -0.354. The highest BCUT2D eigenvalue weighted by Crippen LogP contribution is 2.30. The fourth-order valence-corrected chi connectivity index (χ4v) is 4.21. The zero-order valence-electron chi connectivity index (χ0n) is 18.6. The molecule has 2 aliphatic heterocycles. The highest BCUT2D eigenvalue weighted by atomic mass is 16.7. The SMILES string of the molecule is O=C(NC(=O)N1CCc2c([nH]c3ccccc23)C1)C1=CCC=CC=C1.c1ccc2c(c1)OCO2. The van der Waals surface area contributed by atoms with Gasteiger partial charge in [0.2, 0.25) is 6.79 Å². The van der Waals surface area contributed by atoms with Gasteiger partial charge in [-0.05, 0) is 42.7 Å². The van der Waals surface area contributed by atoms with Gasteiger partial charge in [0.1, 0.15) is 0 Å². The van der Waals surface area contributed by atoms with Crippen LogP contribution in [0, 0.1) is 0 Å². The van der Waals surface area contributed by atoms with Crippen molar-refractivity contribution in [3.05, 3.63) is 95.7 Å². The molecule has 1 aliphatic carbocycles. The predicted molar refractivity (Wildman–Crippen MR) is 129 cm³/mol. The Hall–Kier alpha value is -4.26. The number of fused-ring (bicyclic) bond motifs is 4. The Morgan fingerprint density at radius 3 is 2.56 bits per heavy atom. The Balaban J connectivity index is 0.000000222. The second kappa shape index (κ2) is 9.70. The third kappa shape index (κ3) is 4.59. The number of nitrogens with zero attached hydrogens (tertiary/aromatic N) is 1. The second-order valence-electron chi connectivity index (χ2n) is 8.09. The number of H-pyrrole nitrogens is 1.